The molecular formula is C31H32FN7O3. The zero-order valence-electron chi connectivity index (χ0n) is 23.3. The standard InChI is InChI=1S/C31H32FN7O3/c1-41-16-17-42-24-10-8-22(9-11-24)37-12-14-38(15-13-37)23-5-2-4-21(18-23)19-34-30(40)27-20-39-29(35-27)25-6-3-7-26(32)28(25)36-31(39)33/h2-11,18,20H,12-17,19H2,1H3,(H2,33,36)(H,34,40). The molecule has 2 aromatic heterocycles. The minimum absolute atomic E-state index is 0.0610. The Morgan fingerprint density at radius 2 is 1.69 bits per heavy atom. The fourth-order valence-corrected chi connectivity index (χ4v) is 5.19. The van der Waals surface area contributed by atoms with Gasteiger partial charge >= 0.3 is 0 Å². The minimum atomic E-state index is -0.491. The van der Waals surface area contributed by atoms with E-state index >= 15 is 0 Å². The van der Waals surface area contributed by atoms with Gasteiger partial charge in [0.15, 0.2) is 0 Å². The van der Waals surface area contributed by atoms with Gasteiger partial charge < -0.3 is 30.3 Å². The summed E-state index contributed by atoms with van der Waals surface area (Å²) in [7, 11) is 1.66. The number of nitrogens with one attached hydrogen (secondary N) is 1. The average molecular weight is 570 g/mol. The van der Waals surface area contributed by atoms with E-state index < -0.39 is 5.82 Å². The van der Waals surface area contributed by atoms with E-state index in [1.807, 2.05) is 24.3 Å². The molecule has 11 heteroatoms. The fraction of sp³-hybridized carbons (Fsp3) is 0.258. The molecule has 5 aromatic rings. The number of amides is 1. The Bertz CT molecular complexity index is 1720. The number of para-hydroxylation sites is 1. The lowest BCUT2D eigenvalue weighted by molar-refractivity contribution is 0.0946. The second-order valence-corrected chi connectivity index (χ2v) is 10.1. The van der Waals surface area contributed by atoms with Gasteiger partial charge in [0.05, 0.1) is 6.61 Å². The lowest BCUT2D eigenvalue weighted by Crippen LogP contribution is -2.46. The molecule has 0 saturated carbocycles. The van der Waals surface area contributed by atoms with Gasteiger partial charge in [-0.3, -0.25) is 9.20 Å². The molecule has 3 heterocycles. The number of fused-ring (bicyclic) bond motifs is 3. The van der Waals surface area contributed by atoms with Gasteiger partial charge in [-0.25, -0.2) is 14.4 Å². The number of rotatable bonds is 9. The Balaban J connectivity index is 1.07. The second kappa shape index (κ2) is 11.9. The van der Waals surface area contributed by atoms with E-state index in [2.05, 4.69) is 49.4 Å². The zero-order valence-corrected chi connectivity index (χ0v) is 23.3. The fourth-order valence-electron chi connectivity index (χ4n) is 5.19. The van der Waals surface area contributed by atoms with Crippen molar-refractivity contribution in [1.82, 2.24) is 19.7 Å². The van der Waals surface area contributed by atoms with Crippen molar-refractivity contribution in [2.24, 2.45) is 0 Å². The van der Waals surface area contributed by atoms with Crippen LogP contribution in [0.2, 0.25) is 0 Å². The molecule has 0 bridgehead atoms. The Hall–Kier alpha value is -4.90. The summed E-state index contributed by atoms with van der Waals surface area (Å²) >= 11 is 0. The summed E-state index contributed by atoms with van der Waals surface area (Å²) in [6.07, 6.45) is 1.52. The van der Waals surface area contributed by atoms with Gasteiger partial charge in [-0.2, -0.15) is 0 Å². The molecule has 1 amide bonds. The van der Waals surface area contributed by atoms with Crippen molar-refractivity contribution in [2.45, 2.75) is 6.54 Å². The highest BCUT2D eigenvalue weighted by Crippen LogP contribution is 2.25. The van der Waals surface area contributed by atoms with E-state index in [4.69, 9.17) is 15.2 Å². The van der Waals surface area contributed by atoms with Crippen LogP contribution in [0.15, 0.2) is 72.9 Å². The maximum Gasteiger partial charge on any atom is 0.271 e. The van der Waals surface area contributed by atoms with E-state index in [9.17, 15) is 9.18 Å². The molecule has 1 saturated heterocycles. The predicted molar refractivity (Wildman–Crippen MR) is 161 cm³/mol. The Kier molecular flexibility index (Phi) is 7.74. The van der Waals surface area contributed by atoms with E-state index in [0.717, 1.165) is 43.2 Å². The normalized spacial score (nSPS) is 13.6. The van der Waals surface area contributed by atoms with Gasteiger partial charge in [-0.15, -0.1) is 0 Å². The van der Waals surface area contributed by atoms with Crippen molar-refractivity contribution in [3.8, 4) is 5.75 Å². The number of nitrogens with two attached hydrogens (primary N) is 1. The van der Waals surface area contributed by atoms with Crippen molar-refractivity contribution in [1.29, 1.82) is 0 Å². The van der Waals surface area contributed by atoms with Crippen molar-refractivity contribution >= 4 is 39.8 Å². The van der Waals surface area contributed by atoms with Crippen LogP contribution in [0.4, 0.5) is 21.7 Å². The highest BCUT2D eigenvalue weighted by Gasteiger charge is 2.19. The highest BCUT2D eigenvalue weighted by atomic mass is 19.1. The first-order valence-corrected chi connectivity index (χ1v) is 13.8. The van der Waals surface area contributed by atoms with Gasteiger partial charge in [0, 0.05) is 62.8 Å². The maximum absolute atomic E-state index is 14.2. The summed E-state index contributed by atoms with van der Waals surface area (Å²) in [5.41, 5.74) is 9.98. The maximum atomic E-state index is 14.2. The molecule has 6 rings (SSSR count). The summed E-state index contributed by atoms with van der Waals surface area (Å²) in [6.45, 7) is 4.99. The summed E-state index contributed by atoms with van der Waals surface area (Å²) < 4.78 is 26.4. The average Bonchev–Trinajstić information content (AvgIpc) is 3.48. The highest BCUT2D eigenvalue weighted by molar-refractivity contribution is 5.97. The van der Waals surface area contributed by atoms with Gasteiger partial charge in [0.25, 0.3) is 5.91 Å². The van der Waals surface area contributed by atoms with Crippen LogP contribution in [-0.2, 0) is 11.3 Å². The molecule has 10 nitrogen and oxygen atoms in total. The number of aromatic nitrogens is 3. The van der Waals surface area contributed by atoms with E-state index in [0.29, 0.717) is 30.8 Å². The zero-order chi connectivity index (χ0) is 29.1. The number of nitrogen functional groups attached to an aromatic ring is 1. The summed E-state index contributed by atoms with van der Waals surface area (Å²) in [5, 5.41) is 3.43. The molecule has 0 aliphatic carbocycles. The van der Waals surface area contributed by atoms with Crippen molar-refractivity contribution in [3.63, 3.8) is 0 Å². The van der Waals surface area contributed by atoms with Crippen LogP contribution >= 0.6 is 0 Å². The number of ether oxygens (including phenoxy) is 2. The molecule has 216 valence electrons. The molecule has 0 radical (unpaired) electrons. The number of piperazine rings is 1. The molecule has 42 heavy (non-hydrogen) atoms. The van der Waals surface area contributed by atoms with E-state index in [1.165, 1.54) is 22.4 Å². The molecular weight excluding hydrogens is 537 g/mol. The monoisotopic (exact) mass is 569 g/mol. The molecule has 1 fully saturated rings. The van der Waals surface area contributed by atoms with Gasteiger partial charge in [0.2, 0.25) is 5.95 Å². The number of hydrogen-bond donors (Lipinski definition) is 2. The Labute approximate surface area is 242 Å². The summed E-state index contributed by atoms with van der Waals surface area (Å²) in [4.78, 5) is 26.3. The number of halogens is 1. The molecule has 1 aliphatic heterocycles. The van der Waals surface area contributed by atoms with Gasteiger partial charge in [-0.1, -0.05) is 18.2 Å². The van der Waals surface area contributed by atoms with Crippen LogP contribution < -0.4 is 25.6 Å². The number of hydrogen-bond acceptors (Lipinski definition) is 8. The molecule has 1 aliphatic rings. The number of methoxy groups -OCH3 is 1. The lowest BCUT2D eigenvalue weighted by Gasteiger charge is -2.37. The smallest absolute Gasteiger partial charge is 0.271 e. The third-order valence-corrected chi connectivity index (χ3v) is 7.41. The first-order chi connectivity index (χ1) is 20.5. The summed E-state index contributed by atoms with van der Waals surface area (Å²) in [5.74, 6) is 0.0578. The van der Waals surface area contributed by atoms with Crippen molar-refractivity contribution in [3.05, 3.63) is 90.0 Å². The van der Waals surface area contributed by atoms with Crippen LogP contribution in [0.3, 0.4) is 0 Å². The molecule has 3 aromatic carbocycles. The predicted octanol–water partition coefficient (Wildman–Crippen LogP) is 3.89. The first-order valence-electron chi connectivity index (χ1n) is 13.8. The third-order valence-electron chi connectivity index (χ3n) is 7.41. The minimum Gasteiger partial charge on any atom is -0.491 e. The number of nitrogens with zero attached hydrogens (tertiary/aromatic N) is 5. The first kappa shape index (κ1) is 27.3. The Morgan fingerprint density at radius 1 is 0.952 bits per heavy atom. The van der Waals surface area contributed by atoms with Gasteiger partial charge in [-0.05, 0) is 54.1 Å². The summed E-state index contributed by atoms with van der Waals surface area (Å²) in [6, 6.07) is 21.0. The topological polar surface area (TPSA) is 110 Å². The largest absolute Gasteiger partial charge is 0.491 e. The molecule has 0 unspecified atom stereocenters. The molecule has 3 N–H and O–H groups in total. The Morgan fingerprint density at radius 3 is 2.45 bits per heavy atom. The lowest BCUT2D eigenvalue weighted by atomic mass is 10.1. The quantitative estimate of drug-likeness (QED) is 0.258. The number of benzene rings is 3. The van der Waals surface area contributed by atoms with Gasteiger partial charge in [0.1, 0.15) is 35.0 Å². The van der Waals surface area contributed by atoms with E-state index in [1.54, 1.807) is 19.2 Å². The SMILES string of the molecule is COCCOc1ccc(N2CCN(c3cccc(CNC(=O)c4cn5c(N)nc6c(F)cccc6c5n4)c3)CC2)cc1. The van der Waals surface area contributed by atoms with Crippen LogP contribution in [0.1, 0.15) is 16.1 Å². The number of imidazole rings is 1. The number of carbonyl (C=O) groups excluding carboxylic acids is 1. The second-order valence-electron chi connectivity index (χ2n) is 10.1. The van der Waals surface area contributed by atoms with E-state index in [-0.39, 0.29) is 23.1 Å². The van der Waals surface area contributed by atoms with Crippen molar-refractivity contribution < 1.29 is 18.7 Å². The van der Waals surface area contributed by atoms with Crippen LogP contribution in [0, 0.1) is 5.82 Å². The van der Waals surface area contributed by atoms with Crippen LogP contribution in [-0.4, -0.2) is 66.8 Å². The van der Waals surface area contributed by atoms with Crippen molar-refractivity contribution in [2.75, 3.05) is 62.0 Å². The number of anilines is 3. The molecule has 0 spiro atoms. The third kappa shape index (κ3) is 5.64. The number of carbonyl (C=O) groups is 1. The van der Waals surface area contributed by atoms with Crippen LogP contribution in [0.5, 0.6) is 5.75 Å². The van der Waals surface area contributed by atoms with Crippen LogP contribution in [0.25, 0.3) is 16.6 Å². The molecule has 0 atom stereocenters.